The molecule has 2 aromatic carbocycles. The second-order valence-corrected chi connectivity index (χ2v) is 8.03. The molecule has 1 aliphatic rings. The molecule has 0 saturated heterocycles. The summed E-state index contributed by atoms with van der Waals surface area (Å²) >= 11 is 0. The van der Waals surface area contributed by atoms with Crippen molar-refractivity contribution in [3.05, 3.63) is 102 Å². The Hall–Kier alpha value is -1.25. The topological polar surface area (TPSA) is 0 Å². The van der Waals surface area contributed by atoms with E-state index in [0.717, 1.165) is 5.57 Å². The predicted octanol–water partition coefficient (Wildman–Crippen LogP) is 5.17. The summed E-state index contributed by atoms with van der Waals surface area (Å²) in [5.41, 5.74) is 3.87. The van der Waals surface area contributed by atoms with Crippen molar-refractivity contribution in [3.8, 4) is 0 Å². The van der Waals surface area contributed by atoms with Crippen LogP contribution in [0.1, 0.15) is 14.0 Å². The summed E-state index contributed by atoms with van der Waals surface area (Å²) in [6.45, 7) is 8.70. The van der Waals surface area contributed by atoms with E-state index in [0.29, 0.717) is 0 Å². The molecule has 0 saturated carbocycles. The van der Waals surface area contributed by atoms with E-state index in [4.69, 9.17) is 0 Å². The van der Waals surface area contributed by atoms with Gasteiger partial charge in [0.1, 0.15) is 15.9 Å². The Bertz CT molecular complexity index is 735. The van der Waals surface area contributed by atoms with Crippen LogP contribution in [0.5, 0.6) is 0 Å². The van der Waals surface area contributed by atoms with Crippen LogP contribution >= 0.6 is 7.92 Å². The molecular weight excluding hydrogens is 390 g/mol. The third-order valence-corrected chi connectivity index (χ3v) is 7.34. The third kappa shape index (κ3) is 3.81. The molecule has 2 aromatic rings. The number of hydrogen-bond donors (Lipinski definition) is 0. The minimum absolute atomic E-state index is 0. The van der Waals surface area contributed by atoms with Gasteiger partial charge in [-0.25, -0.2) is 0 Å². The monoisotopic (exact) mass is 414 g/mol. The molecule has 1 aliphatic carbocycles. The zero-order chi connectivity index (χ0) is 15.5. The first-order valence-electron chi connectivity index (χ1n) is 7.59. The van der Waals surface area contributed by atoms with Gasteiger partial charge in [-0.3, -0.25) is 0 Å². The molecule has 0 spiro atoms. The van der Waals surface area contributed by atoms with Crippen LogP contribution in [-0.4, -0.2) is 0 Å². The van der Waals surface area contributed by atoms with E-state index in [1.54, 1.807) is 0 Å². The first-order chi connectivity index (χ1) is 10.7. The SMILES string of the molecule is C=C1[CH]C=CC=C1[PH+](c1ccccc1C)c1ccccc1C.[HH].[HH].[Pd]. The van der Waals surface area contributed by atoms with Crippen molar-refractivity contribution in [2.75, 3.05) is 0 Å². The molecule has 0 aliphatic heterocycles. The third-order valence-electron chi connectivity index (χ3n) is 4.12. The molecule has 0 N–H and O–H groups in total. The number of hydrogen-bond acceptors (Lipinski definition) is 0. The Labute approximate surface area is 157 Å². The van der Waals surface area contributed by atoms with Gasteiger partial charge in [-0.2, -0.15) is 0 Å². The summed E-state index contributed by atoms with van der Waals surface area (Å²) in [7, 11) is -1.03. The van der Waals surface area contributed by atoms with Crippen LogP contribution < -0.4 is 10.6 Å². The van der Waals surface area contributed by atoms with E-state index in [9.17, 15) is 0 Å². The van der Waals surface area contributed by atoms with E-state index in [-0.39, 0.29) is 23.3 Å². The average molecular weight is 415 g/mol. The van der Waals surface area contributed by atoms with Gasteiger partial charge in [0, 0.05) is 29.7 Å². The van der Waals surface area contributed by atoms with Crippen LogP contribution in [-0.2, 0) is 20.4 Å². The Balaban J connectivity index is 0.00000192. The molecule has 23 heavy (non-hydrogen) atoms. The fourth-order valence-corrected chi connectivity index (χ4v) is 5.93. The van der Waals surface area contributed by atoms with Crippen molar-refractivity contribution >= 4 is 18.5 Å². The molecule has 0 nitrogen and oxygen atoms in total. The molecule has 0 amide bonds. The van der Waals surface area contributed by atoms with Gasteiger partial charge < -0.3 is 0 Å². The fourth-order valence-electron chi connectivity index (χ4n) is 2.91. The van der Waals surface area contributed by atoms with Gasteiger partial charge in [-0.1, -0.05) is 55.1 Å². The number of allylic oxidation sites excluding steroid dienone is 5. The Kier molecular flexibility index (Phi) is 6.32. The summed E-state index contributed by atoms with van der Waals surface area (Å²) in [6, 6.07) is 17.5. The zero-order valence-electron chi connectivity index (χ0n) is 13.5. The van der Waals surface area contributed by atoms with Gasteiger partial charge in [0.2, 0.25) is 0 Å². The van der Waals surface area contributed by atoms with Crippen molar-refractivity contribution in [1.82, 2.24) is 0 Å². The van der Waals surface area contributed by atoms with Crippen molar-refractivity contribution in [2.45, 2.75) is 13.8 Å². The molecule has 3 rings (SSSR count). The Morgan fingerprint density at radius 2 is 1.35 bits per heavy atom. The van der Waals surface area contributed by atoms with Gasteiger partial charge >= 0.3 is 0 Å². The number of benzene rings is 2. The molecule has 1 radical (unpaired) electrons. The molecule has 2 heteroatoms. The summed E-state index contributed by atoms with van der Waals surface area (Å²) < 4.78 is 0. The first kappa shape index (κ1) is 18.1. The van der Waals surface area contributed by atoms with E-state index < -0.39 is 7.92 Å². The Morgan fingerprint density at radius 1 is 0.826 bits per heavy atom. The predicted molar refractivity (Wildman–Crippen MR) is 105 cm³/mol. The van der Waals surface area contributed by atoms with Crippen molar-refractivity contribution in [2.24, 2.45) is 0 Å². The van der Waals surface area contributed by atoms with Crippen LogP contribution in [0.3, 0.4) is 0 Å². The maximum Gasteiger partial charge on any atom is 0.105 e. The molecular formula is C21H25PPd+. The first-order valence-corrected chi connectivity index (χ1v) is 9.09. The molecule has 0 fully saturated rings. The van der Waals surface area contributed by atoms with E-state index >= 15 is 0 Å². The van der Waals surface area contributed by atoms with Crippen LogP contribution in [0.2, 0.25) is 0 Å². The normalized spacial score (nSPS) is 13.7. The van der Waals surface area contributed by atoms with E-state index in [1.807, 2.05) is 0 Å². The zero-order valence-corrected chi connectivity index (χ0v) is 16.0. The second kappa shape index (κ2) is 8.03. The van der Waals surface area contributed by atoms with Gasteiger partial charge in [0.15, 0.2) is 0 Å². The smallest absolute Gasteiger partial charge is 0.0912 e. The van der Waals surface area contributed by atoms with Crippen molar-refractivity contribution in [3.63, 3.8) is 0 Å². The van der Waals surface area contributed by atoms with Gasteiger partial charge in [-0.15, -0.1) is 0 Å². The summed E-state index contributed by atoms with van der Waals surface area (Å²) in [4.78, 5) is 0. The molecule has 0 unspecified atom stereocenters. The minimum atomic E-state index is -1.03. The van der Waals surface area contributed by atoms with Crippen molar-refractivity contribution < 1.29 is 23.3 Å². The molecule has 0 heterocycles. The summed E-state index contributed by atoms with van der Waals surface area (Å²) in [6.07, 6.45) is 8.57. The maximum absolute atomic E-state index is 4.28. The van der Waals surface area contributed by atoms with Gasteiger partial charge in [-0.05, 0) is 48.8 Å². The van der Waals surface area contributed by atoms with Crippen LogP contribution in [0.25, 0.3) is 0 Å². The second-order valence-electron chi connectivity index (χ2n) is 5.66. The van der Waals surface area contributed by atoms with Gasteiger partial charge in [0.25, 0.3) is 0 Å². The summed E-state index contributed by atoms with van der Waals surface area (Å²) in [5, 5.41) is 4.30. The largest absolute Gasteiger partial charge is 0.105 e. The number of aryl methyl sites for hydroxylation is 2. The molecule has 123 valence electrons. The number of rotatable bonds is 3. The van der Waals surface area contributed by atoms with Crippen LogP contribution in [0.4, 0.5) is 0 Å². The standard InChI is InChI=1S/C21H20P.Pd.2H2/c1-16-10-4-7-13-19(16)22(20-14-8-5-11-17(20)2)21-15-9-6-12-18(21)3;;;/h4-15H,1H2,2-3H3;;2*1H/p+1. The average Bonchev–Trinajstić information content (AvgIpc) is 2.53. The van der Waals surface area contributed by atoms with E-state index in [1.165, 1.54) is 27.1 Å². The van der Waals surface area contributed by atoms with Gasteiger partial charge in [0.05, 0.1) is 7.92 Å². The van der Waals surface area contributed by atoms with Crippen molar-refractivity contribution in [1.29, 1.82) is 0 Å². The summed E-state index contributed by atoms with van der Waals surface area (Å²) in [5.74, 6) is 0. The Morgan fingerprint density at radius 3 is 1.83 bits per heavy atom. The van der Waals surface area contributed by atoms with E-state index in [2.05, 4.69) is 93.6 Å². The fraction of sp³-hybridized carbons (Fsp3) is 0.0952. The molecule has 0 aromatic heterocycles. The van der Waals surface area contributed by atoms with Crippen LogP contribution in [0, 0.1) is 20.3 Å². The molecule has 0 atom stereocenters. The minimum Gasteiger partial charge on any atom is -0.0912 e. The molecule has 0 bridgehead atoms. The quantitative estimate of drug-likeness (QED) is 0.480. The maximum atomic E-state index is 4.28. The van der Waals surface area contributed by atoms with Crippen LogP contribution in [0.15, 0.2) is 84.2 Å².